The van der Waals surface area contributed by atoms with Crippen LogP contribution in [0.3, 0.4) is 0 Å². The number of amides is 3. The van der Waals surface area contributed by atoms with E-state index in [0.29, 0.717) is 11.8 Å². The number of rotatable bonds is 19. The molecule has 0 fully saturated rings. The van der Waals surface area contributed by atoms with Crippen LogP contribution in [0, 0.1) is 29.6 Å². The Morgan fingerprint density at radius 2 is 1.31 bits per heavy atom. The molecule has 0 heterocycles. The Balaban J connectivity index is 0. The first-order chi connectivity index (χ1) is 26.8. The molecule has 5 unspecified atom stereocenters. The van der Waals surface area contributed by atoms with Gasteiger partial charge in [-0.2, -0.15) is 0 Å². The molecular weight excluding hydrogens is 849 g/mol. The molecule has 0 aliphatic heterocycles. The number of carboxylic acids is 1. The lowest BCUT2D eigenvalue weighted by Crippen LogP contribution is -2.46. The summed E-state index contributed by atoms with van der Waals surface area (Å²) in [6.07, 6.45) is 5.08. The summed E-state index contributed by atoms with van der Waals surface area (Å²) in [4.78, 5) is 48.8. The van der Waals surface area contributed by atoms with Crippen molar-refractivity contribution >= 4 is 48.0 Å². The zero-order valence-corrected chi connectivity index (χ0v) is 38.8. The summed E-state index contributed by atoms with van der Waals surface area (Å²) < 4.78 is 18.6. The van der Waals surface area contributed by atoms with E-state index in [9.17, 15) is 19.2 Å². The number of aliphatic hydroxyl groups is 1. The molecule has 0 saturated carbocycles. The van der Waals surface area contributed by atoms with Gasteiger partial charge >= 0.3 is 18.2 Å². The van der Waals surface area contributed by atoms with E-state index in [4.69, 9.17) is 21.1 Å². The van der Waals surface area contributed by atoms with E-state index in [0.717, 1.165) is 58.4 Å². The van der Waals surface area contributed by atoms with Crippen molar-refractivity contribution in [3.8, 4) is 11.1 Å². The van der Waals surface area contributed by atoms with Gasteiger partial charge in [0.2, 0.25) is 5.91 Å². The molecule has 3 amide bonds. The first kappa shape index (κ1) is 54.6. The molecule has 0 radical (unpaired) electrons. The number of aliphatic carboxylic acids is 1. The predicted octanol–water partition coefficient (Wildman–Crippen LogP) is 10.4. The second kappa shape index (κ2) is 29.8. The van der Waals surface area contributed by atoms with E-state index in [1.807, 2.05) is 48.5 Å². The number of benzene rings is 2. The number of fused-ring (bicyclic) bond motifs is 3. The van der Waals surface area contributed by atoms with Crippen LogP contribution in [0.5, 0.6) is 0 Å². The molecule has 3 rings (SSSR count). The Morgan fingerprint density at radius 3 is 1.79 bits per heavy atom. The highest BCUT2D eigenvalue weighted by Crippen LogP contribution is 2.44. The first-order valence-electron chi connectivity index (χ1n) is 20.8. The van der Waals surface area contributed by atoms with Gasteiger partial charge in [-0.25, -0.2) is 9.59 Å². The van der Waals surface area contributed by atoms with Crippen LogP contribution < -0.4 is 10.6 Å². The fourth-order valence-corrected chi connectivity index (χ4v) is 6.99. The molecule has 0 aromatic heterocycles. The van der Waals surface area contributed by atoms with Gasteiger partial charge in [0.15, 0.2) is 0 Å². The lowest BCUT2D eigenvalue weighted by Gasteiger charge is -2.23. The van der Waals surface area contributed by atoms with E-state index in [1.165, 1.54) is 25.7 Å². The first-order valence-corrected chi connectivity index (χ1v) is 20.2. The number of carboxylic acid groups (broad SMARTS) is 1. The maximum absolute atomic E-state index is 12.5. The predicted molar refractivity (Wildman–Crippen MR) is 247 cm³/mol. The molecule has 12 heteroatoms. The van der Waals surface area contributed by atoms with Gasteiger partial charge < -0.3 is 35.2 Å². The molecule has 0 saturated heterocycles. The lowest BCUT2D eigenvalue weighted by molar-refractivity contribution is -0.144. The molecule has 0 bridgehead atoms. The summed E-state index contributed by atoms with van der Waals surface area (Å²) in [7, 11) is 1.00. The van der Waals surface area contributed by atoms with Crippen molar-refractivity contribution in [2.24, 2.45) is 29.6 Å². The van der Waals surface area contributed by atoms with Crippen LogP contribution in [0.1, 0.15) is 134 Å². The van der Waals surface area contributed by atoms with Crippen molar-refractivity contribution < 1.29 is 40.2 Å². The Hall–Kier alpha value is -3.39. The second-order valence-electron chi connectivity index (χ2n) is 16.6. The Labute approximate surface area is 369 Å². The highest BCUT2D eigenvalue weighted by molar-refractivity contribution is 14.0. The highest BCUT2D eigenvalue weighted by atomic mass is 127. The summed E-state index contributed by atoms with van der Waals surface area (Å²) in [5.74, 6) is 1.78. The summed E-state index contributed by atoms with van der Waals surface area (Å²) in [6, 6.07) is 15.9. The fourth-order valence-electron chi connectivity index (χ4n) is 6.99. The van der Waals surface area contributed by atoms with Gasteiger partial charge in [0.25, 0.3) is 0 Å². The van der Waals surface area contributed by atoms with Crippen molar-refractivity contribution in [2.45, 2.75) is 127 Å². The number of ether oxygens (including phenoxy) is 2. The van der Waals surface area contributed by atoms with Gasteiger partial charge in [0, 0.05) is 27.5 Å². The molecule has 1 aliphatic rings. The molecule has 4 N–H and O–H groups in total. The molecule has 5 atom stereocenters. The average molecular weight is 930 g/mol. The van der Waals surface area contributed by atoms with Crippen molar-refractivity contribution in [1.29, 1.82) is 0 Å². The minimum absolute atomic E-state index is 0. The smallest absolute Gasteiger partial charge is 0.407 e. The number of hydrogen-bond donors (Lipinski definition) is 4. The maximum Gasteiger partial charge on any atom is 0.407 e. The van der Waals surface area contributed by atoms with Crippen LogP contribution >= 0.6 is 24.0 Å². The van der Waals surface area contributed by atoms with E-state index in [-0.39, 0.29) is 63.4 Å². The van der Waals surface area contributed by atoms with Gasteiger partial charge in [-0.15, -0.1) is 24.0 Å². The van der Waals surface area contributed by atoms with Gasteiger partial charge in [0.05, 0.1) is 0 Å². The normalized spacial score (nSPS) is 14.3. The zero-order valence-electron chi connectivity index (χ0n) is 37.4. The third-order valence-corrected chi connectivity index (χ3v) is 9.58. The third-order valence-electron chi connectivity index (χ3n) is 9.58. The minimum atomic E-state index is -1.22. The number of halogens is 1. The molecular formula is C46H78IN3O8. The number of nitrogens with one attached hydrogen (secondary N) is 2. The van der Waals surface area contributed by atoms with Crippen molar-refractivity contribution in [3.05, 3.63) is 59.7 Å². The zero-order chi connectivity index (χ0) is 43.3. The van der Waals surface area contributed by atoms with Gasteiger partial charge in [-0.05, 0) is 91.9 Å². The molecule has 11 nitrogen and oxygen atoms in total. The van der Waals surface area contributed by atoms with Crippen LogP contribution in [0.25, 0.3) is 11.1 Å². The standard InChI is InChI=1S/C26H31N3O7.C18H38.CH4O.CH4.HI/c1-26(2,3)36-25(34)27-12-13-29(15-23(31)32)22(30)14-28-24(33)35-16-21-19-10-6-4-8-17(19)18-9-5-7-11-20(18)21;1-8-15(4)11-17(6)13-18(7)12-16(5)10-9-14(2)3;1-2;;/h4-11,21H,12-16H2,1-3H3,(H,27,34)(H,28,33)(H,31,32);14-18H,8-13H2,1-7H3;2H,1H3;1H4;1H/i;9T;;;. The lowest BCUT2D eigenvalue weighted by atomic mass is 9.83. The number of nitrogens with zero attached hydrogens (tertiary/aromatic N) is 1. The summed E-state index contributed by atoms with van der Waals surface area (Å²) >= 11 is 0. The Morgan fingerprint density at radius 1 is 0.810 bits per heavy atom. The monoisotopic (exact) mass is 929 g/mol. The fraction of sp³-hybridized carbons (Fsp3) is 0.652. The van der Waals surface area contributed by atoms with Crippen LogP contribution in [0.4, 0.5) is 9.59 Å². The number of carbonyl (C=O) groups is 4. The Bertz CT molecular complexity index is 1480. The molecule has 332 valence electrons. The van der Waals surface area contributed by atoms with E-state index >= 15 is 0 Å². The molecule has 2 aromatic rings. The summed E-state index contributed by atoms with van der Waals surface area (Å²) in [5.41, 5.74) is 3.64. The average Bonchev–Trinajstić information content (AvgIpc) is 3.45. The minimum Gasteiger partial charge on any atom is -0.480 e. The van der Waals surface area contributed by atoms with E-state index < -0.39 is 42.8 Å². The van der Waals surface area contributed by atoms with Crippen LogP contribution in [-0.2, 0) is 19.1 Å². The third kappa shape index (κ3) is 22.7. The van der Waals surface area contributed by atoms with Crippen LogP contribution in [0.15, 0.2) is 48.5 Å². The highest BCUT2D eigenvalue weighted by Gasteiger charge is 2.29. The largest absolute Gasteiger partial charge is 0.480 e. The Kier molecular flexibility index (Phi) is 28.0. The van der Waals surface area contributed by atoms with Gasteiger partial charge in [-0.3, -0.25) is 9.59 Å². The van der Waals surface area contributed by atoms with Gasteiger partial charge in [0.1, 0.15) is 25.3 Å². The number of aliphatic hydroxyl groups excluding tert-OH is 1. The molecule has 0 spiro atoms. The quantitative estimate of drug-likeness (QED) is 0.102. The van der Waals surface area contributed by atoms with Gasteiger partial charge in [-0.1, -0.05) is 124 Å². The summed E-state index contributed by atoms with van der Waals surface area (Å²) in [5, 5.41) is 21.0. The van der Waals surface area contributed by atoms with E-state index in [2.05, 4.69) is 59.1 Å². The van der Waals surface area contributed by atoms with Crippen molar-refractivity contribution in [1.82, 2.24) is 15.5 Å². The van der Waals surface area contributed by atoms with E-state index in [1.54, 1.807) is 20.8 Å². The number of alkyl carbamates (subject to hydrolysis) is 2. The second-order valence-corrected chi connectivity index (χ2v) is 16.6. The van der Waals surface area contributed by atoms with Crippen molar-refractivity contribution in [2.75, 3.05) is 39.9 Å². The molecule has 2 aromatic carbocycles. The number of carbonyl (C=O) groups excluding carboxylic acids is 3. The van der Waals surface area contributed by atoms with Crippen molar-refractivity contribution in [3.63, 3.8) is 0 Å². The molecule has 58 heavy (non-hydrogen) atoms. The number of hydrogen-bond acceptors (Lipinski definition) is 7. The van der Waals surface area contributed by atoms with Crippen LogP contribution in [-0.4, -0.2) is 84.7 Å². The SMILES string of the molecule is C.CC(C)(C)OC(=O)NCCN(CC(=O)O)C(=O)CNC(=O)OCC1c2ccccc2-c2ccccc21.CO.I.[3H]C(CC(C)CC(C)CC(C)CC(C)CC)C(C)C. The van der Waals surface area contributed by atoms with Crippen LogP contribution in [0.2, 0.25) is 0 Å². The summed E-state index contributed by atoms with van der Waals surface area (Å²) in [6.45, 7) is 20.3. The molecule has 1 aliphatic carbocycles. The maximum atomic E-state index is 12.5. The topological polar surface area (TPSA) is 154 Å².